The molecular weight excluding hydrogens is 416 g/mol. The normalized spacial score (nSPS) is 35.8. The van der Waals surface area contributed by atoms with Crippen molar-refractivity contribution in [3.05, 3.63) is 0 Å². The molecule has 182 valence electrons. The molecule has 3 saturated carbocycles. The molecule has 4 rings (SSSR count). The molecule has 1 unspecified atom stereocenters. The van der Waals surface area contributed by atoms with Gasteiger partial charge in [-0.3, -0.25) is 0 Å². The fraction of sp³-hybridized carbons (Fsp3) is 0.926. The number of ether oxygens (including phenoxy) is 2. The van der Waals surface area contributed by atoms with E-state index in [1.165, 1.54) is 25.7 Å². The predicted molar refractivity (Wildman–Crippen MR) is 131 cm³/mol. The molecule has 3 aliphatic carbocycles. The van der Waals surface area contributed by atoms with E-state index in [4.69, 9.17) is 13.9 Å². The molecule has 4 aliphatic rings. The summed E-state index contributed by atoms with van der Waals surface area (Å²) in [5.74, 6) is 8.51. The first-order valence-electron chi connectivity index (χ1n) is 13.3. The SMILES string of the molecule is CCCC1[C@H]2[C@H](C#C[C@H](O[Si](C)(C)C(C)(C)C)C3CCCC3)[C@@H](O)CC[C@H]2C12OCCO2. The molecule has 4 fully saturated rings. The van der Waals surface area contributed by atoms with Crippen LogP contribution in [0.2, 0.25) is 18.1 Å². The summed E-state index contributed by atoms with van der Waals surface area (Å²) in [6.07, 6.45) is 8.64. The maximum absolute atomic E-state index is 11.0. The van der Waals surface area contributed by atoms with Gasteiger partial charge in [0, 0.05) is 11.8 Å². The van der Waals surface area contributed by atoms with Gasteiger partial charge in [-0.1, -0.05) is 58.8 Å². The zero-order chi connectivity index (χ0) is 23.1. The summed E-state index contributed by atoms with van der Waals surface area (Å²) in [5.41, 5.74) is 0. The Hall–Kier alpha value is -0.383. The number of rotatable bonds is 5. The summed E-state index contributed by atoms with van der Waals surface area (Å²) >= 11 is 0. The van der Waals surface area contributed by atoms with Crippen LogP contribution in [0.4, 0.5) is 0 Å². The van der Waals surface area contributed by atoms with Gasteiger partial charge >= 0.3 is 0 Å². The molecule has 0 aromatic rings. The molecule has 5 heteroatoms. The number of aliphatic hydroxyl groups excluding tert-OH is 1. The Balaban J connectivity index is 1.58. The third-order valence-electron chi connectivity index (χ3n) is 9.35. The van der Waals surface area contributed by atoms with Crippen LogP contribution in [0.15, 0.2) is 0 Å². The summed E-state index contributed by atoms with van der Waals surface area (Å²) in [6.45, 7) is 15.2. The Bertz CT molecular complexity index is 705. The molecule has 0 aromatic carbocycles. The molecule has 1 aliphatic heterocycles. The van der Waals surface area contributed by atoms with Crippen molar-refractivity contribution in [2.24, 2.45) is 29.6 Å². The molecule has 0 aromatic heterocycles. The Morgan fingerprint density at radius 3 is 2.34 bits per heavy atom. The Morgan fingerprint density at radius 2 is 1.75 bits per heavy atom. The predicted octanol–water partition coefficient (Wildman–Crippen LogP) is 5.75. The third-order valence-corrected chi connectivity index (χ3v) is 13.8. The lowest BCUT2D eigenvalue weighted by Gasteiger charge is -2.62. The van der Waals surface area contributed by atoms with Crippen LogP contribution in [0.3, 0.4) is 0 Å². The van der Waals surface area contributed by atoms with Gasteiger partial charge in [-0.15, -0.1) is 0 Å². The van der Waals surface area contributed by atoms with E-state index in [1.807, 2.05) is 0 Å². The van der Waals surface area contributed by atoms with Crippen LogP contribution < -0.4 is 0 Å². The summed E-state index contributed by atoms with van der Waals surface area (Å²) in [6, 6.07) is 0. The van der Waals surface area contributed by atoms with Gasteiger partial charge in [0.15, 0.2) is 14.1 Å². The highest BCUT2D eigenvalue weighted by Crippen LogP contribution is 2.62. The molecule has 0 bridgehead atoms. The highest BCUT2D eigenvalue weighted by Gasteiger charge is 2.68. The minimum atomic E-state index is -1.91. The van der Waals surface area contributed by atoms with Gasteiger partial charge < -0.3 is 19.0 Å². The van der Waals surface area contributed by atoms with Gasteiger partial charge in [0.25, 0.3) is 0 Å². The van der Waals surface area contributed by atoms with E-state index < -0.39 is 14.1 Å². The van der Waals surface area contributed by atoms with E-state index >= 15 is 0 Å². The van der Waals surface area contributed by atoms with E-state index in [0.29, 0.717) is 36.9 Å². The average Bonchev–Trinajstić information content (AvgIpc) is 3.42. The van der Waals surface area contributed by atoms with Gasteiger partial charge in [-0.2, -0.15) is 0 Å². The molecule has 0 amide bonds. The molecule has 0 radical (unpaired) electrons. The molecular formula is C27H46O4Si. The molecule has 32 heavy (non-hydrogen) atoms. The highest BCUT2D eigenvalue weighted by molar-refractivity contribution is 6.74. The maximum atomic E-state index is 11.0. The number of hydrogen-bond donors (Lipinski definition) is 1. The van der Waals surface area contributed by atoms with E-state index in [2.05, 4.69) is 52.6 Å². The van der Waals surface area contributed by atoms with E-state index in [1.54, 1.807) is 0 Å². The fourth-order valence-electron chi connectivity index (χ4n) is 6.60. The molecule has 1 N–H and O–H groups in total. The number of fused-ring (bicyclic) bond motifs is 2. The zero-order valence-corrected chi connectivity index (χ0v) is 22.3. The summed E-state index contributed by atoms with van der Waals surface area (Å²) in [5, 5.41) is 11.2. The lowest BCUT2D eigenvalue weighted by Crippen LogP contribution is -2.67. The summed E-state index contributed by atoms with van der Waals surface area (Å²) in [4.78, 5) is 0. The van der Waals surface area contributed by atoms with Crippen LogP contribution in [-0.4, -0.2) is 44.6 Å². The first-order valence-corrected chi connectivity index (χ1v) is 16.2. The van der Waals surface area contributed by atoms with Crippen molar-refractivity contribution in [2.75, 3.05) is 13.2 Å². The topological polar surface area (TPSA) is 47.9 Å². The molecule has 1 heterocycles. The minimum absolute atomic E-state index is 0.00334. The second-order valence-electron chi connectivity index (χ2n) is 12.3. The number of hydrogen-bond acceptors (Lipinski definition) is 4. The van der Waals surface area contributed by atoms with Gasteiger partial charge in [0.05, 0.1) is 25.2 Å². The lowest BCUT2D eigenvalue weighted by molar-refractivity contribution is -0.340. The van der Waals surface area contributed by atoms with Crippen LogP contribution in [0.25, 0.3) is 0 Å². The minimum Gasteiger partial charge on any atom is -0.403 e. The van der Waals surface area contributed by atoms with Crippen LogP contribution in [0.1, 0.15) is 79.1 Å². The first-order chi connectivity index (χ1) is 15.1. The van der Waals surface area contributed by atoms with Gasteiger partial charge in [0.2, 0.25) is 0 Å². The van der Waals surface area contributed by atoms with Gasteiger partial charge in [-0.25, -0.2) is 0 Å². The lowest BCUT2D eigenvalue weighted by atomic mass is 9.49. The quantitative estimate of drug-likeness (QED) is 0.418. The monoisotopic (exact) mass is 462 g/mol. The first kappa shape index (κ1) is 24.7. The van der Waals surface area contributed by atoms with Crippen molar-refractivity contribution in [2.45, 2.75) is 115 Å². The van der Waals surface area contributed by atoms with Gasteiger partial charge in [0.1, 0.15) is 6.10 Å². The second-order valence-corrected chi connectivity index (χ2v) is 17.1. The smallest absolute Gasteiger partial charge is 0.193 e. The van der Waals surface area contributed by atoms with Crippen molar-refractivity contribution < 1.29 is 19.0 Å². The summed E-state index contributed by atoms with van der Waals surface area (Å²) < 4.78 is 19.4. The van der Waals surface area contributed by atoms with Crippen molar-refractivity contribution >= 4 is 8.32 Å². The highest BCUT2D eigenvalue weighted by atomic mass is 28.4. The second kappa shape index (κ2) is 9.34. The van der Waals surface area contributed by atoms with Crippen molar-refractivity contribution in [3.63, 3.8) is 0 Å². The molecule has 4 nitrogen and oxygen atoms in total. The maximum Gasteiger partial charge on any atom is 0.193 e. The number of aliphatic hydroxyl groups is 1. The van der Waals surface area contributed by atoms with Crippen LogP contribution in [0, 0.1) is 41.4 Å². The summed E-state index contributed by atoms with van der Waals surface area (Å²) in [7, 11) is -1.91. The Kier molecular flexibility index (Phi) is 7.22. The van der Waals surface area contributed by atoms with Crippen LogP contribution >= 0.6 is 0 Å². The van der Waals surface area contributed by atoms with E-state index in [0.717, 1.165) is 25.7 Å². The Labute approximate surface area is 197 Å². The average molecular weight is 463 g/mol. The largest absolute Gasteiger partial charge is 0.403 e. The van der Waals surface area contributed by atoms with E-state index in [-0.39, 0.29) is 23.2 Å². The van der Waals surface area contributed by atoms with Crippen molar-refractivity contribution in [1.82, 2.24) is 0 Å². The van der Waals surface area contributed by atoms with Crippen LogP contribution in [0.5, 0.6) is 0 Å². The molecule has 1 spiro atoms. The van der Waals surface area contributed by atoms with Gasteiger partial charge in [-0.05, 0) is 62.1 Å². The van der Waals surface area contributed by atoms with E-state index in [9.17, 15) is 5.11 Å². The van der Waals surface area contributed by atoms with Crippen molar-refractivity contribution in [3.8, 4) is 11.8 Å². The van der Waals surface area contributed by atoms with Crippen molar-refractivity contribution in [1.29, 1.82) is 0 Å². The zero-order valence-electron chi connectivity index (χ0n) is 21.3. The fourth-order valence-corrected chi connectivity index (χ4v) is 7.84. The molecule has 6 atom stereocenters. The van der Waals surface area contributed by atoms with Crippen LogP contribution in [-0.2, 0) is 13.9 Å². The Morgan fingerprint density at radius 1 is 1.09 bits per heavy atom. The standard InChI is InChI=1S/C27H46O4Si/c1-7-10-21-25-20(23(28)15-14-22(25)27(21)29-17-18-30-27)13-16-24(19-11-8-9-12-19)31-32(5,6)26(2,3)4/h19-25,28H,7-12,14-15,17-18H2,1-6H3/t20-,21?,22-,23+,24+,25-/m1/s1. The molecule has 1 saturated heterocycles. The third kappa shape index (κ3) is 4.36.